The van der Waals surface area contributed by atoms with E-state index in [1.807, 2.05) is 6.92 Å². The van der Waals surface area contributed by atoms with Gasteiger partial charge in [-0.1, -0.05) is 12.8 Å². The second-order valence-corrected chi connectivity index (χ2v) is 3.30. The van der Waals surface area contributed by atoms with E-state index in [-0.39, 0.29) is 12.5 Å². The predicted octanol–water partition coefficient (Wildman–Crippen LogP) is 0.586. The fourth-order valence-electron chi connectivity index (χ4n) is 1.57. The Labute approximate surface area is 79.0 Å². The molecule has 76 valence electrons. The number of carbonyl (C=O) groups excluding carboxylic acids is 1. The molecule has 0 saturated heterocycles. The Balaban J connectivity index is 2.02. The largest absolute Gasteiger partial charge is 0.352 e. The van der Waals surface area contributed by atoms with Crippen molar-refractivity contribution in [3.8, 4) is 0 Å². The van der Waals surface area contributed by atoms with Crippen LogP contribution in [0, 0.1) is 0 Å². The lowest BCUT2D eigenvalue weighted by atomic mass is 10.2. The molecule has 1 amide bonds. The van der Waals surface area contributed by atoms with E-state index in [0.717, 1.165) is 12.8 Å². The van der Waals surface area contributed by atoms with Crippen LogP contribution in [-0.2, 0) is 9.63 Å². The van der Waals surface area contributed by atoms with Crippen LogP contribution in [0.3, 0.4) is 0 Å². The monoisotopic (exact) mass is 186 g/mol. The van der Waals surface area contributed by atoms with Crippen molar-refractivity contribution in [2.45, 2.75) is 38.6 Å². The first kappa shape index (κ1) is 10.5. The highest BCUT2D eigenvalue weighted by atomic mass is 16.6. The Hall–Kier alpha value is -0.610. The average molecular weight is 186 g/mol. The number of hydrogen-bond acceptors (Lipinski definition) is 3. The van der Waals surface area contributed by atoms with E-state index in [0.29, 0.717) is 12.6 Å². The van der Waals surface area contributed by atoms with Crippen molar-refractivity contribution in [1.29, 1.82) is 0 Å². The van der Waals surface area contributed by atoms with Crippen LogP contribution >= 0.6 is 0 Å². The molecule has 1 fully saturated rings. The van der Waals surface area contributed by atoms with E-state index in [1.54, 1.807) is 0 Å². The lowest BCUT2D eigenvalue weighted by molar-refractivity contribution is -0.123. The third-order valence-corrected chi connectivity index (χ3v) is 2.20. The van der Waals surface area contributed by atoms with Crippen molar-refractivity contribution in [3.05, 3.63) is 0 Å². The molecule has 0 radical (unpaired) electrons. The van der Waals surface area contributed by atoms with Gasteiger partial charge in [0, 0.05) is 6.04 Å². The zero-order valence-corrected chi connectivity index (χ0v) is 8.14. The predicted molar refractivity (Wildman–Crippen MR) is 50.0 cm³/mol. The zero-order valence-electron chi connectivity index (χ0n) is 8.14. The topological polar surface area (TPSA) is 50.4 Å². The maximum absolute atomic E-state index is 11.2. The van der Waals surface area contributed by atoms with Gasteiger partial charge in [-0.2, -0.15) is 5.48 Å². The van der Waals surface area contributed by atoms with Gasteiger partial charge in [0.15, 0.2) is 0 Å². The molecule has 0 bridgehead atoms. The summed E-state index contributed by atoms with van der Waals surface area (Å²) in [6.07, 6.45) is 4.73. The maximum atomic E-state index is 11.2. The summed E-state index contributed by atoms with van der Waals surface area (Å²) < 4.78 is 0. The van der Waals surface area contributed by atoms with Crippen LogP contribution in [0.4, 0.5) is 0 Å². The molecule has 13 heavy (non-hydrogen) atoms. The fourth-order valence-corrected chi connectivity index (χ4v) is 1.57. The molecule has 2 N–H and O–H groups in total. The van der Waals surface area contributed by atoms with Crippen LogP contribution in [0.25, 0.3) is 0 Å². The number of nitrogens with one attached hydrogen (secondary N) is 2. The molecule has 1 saturated carbocycles. The maximum Gasteiger partial charge on any atom is 0.236 e. The lowest BCUT2D eigenvalue weighted by Crippen LogP contribution is -2.39. The van der Waals surface area contributed by atoms with Gasteiger partial charge in [-0.05, 0) is 19.8 Å². The van der Waals surface area contributed by atoms with Gasteiger partial charge in [0.1, 0.15) is 0 Å². The molecule has 4 heteroatoms. The summed E-state index contributed by atoms with van der Waals surface area (Å²) in [6, 6.07) is 0.399. The van der Waals surface area contributed by atoms with Crippen LogP contribution in [0.5, 0.6) is 0 Å². The Kier molecular flexibility index (Phi) is 4.78. The Morgan fingerprint density at radius 2 is 2.15 bits per heavy atom. The van der Waals surface area contributed by atoms with E-state index in [9.17, 15) is 4.79 Å². The minimum Gasteiger partial charge on any atom is -0.352 e. The average Bonchev–Trinajstić information content (AvgIpc) is 2.57. The van der Waals surface area contributed by atoms with Crippen molar-refractivity contribution < 1.29 is 9.63 Å². The van der Waals surface area contributed by atoms with E-state index < -0.39 is 0 Å². The van der Waals surface area contributed by atoms with Gasteiger partial charge in [0.25, 0.3) is 0 Å². The Bertz CT molecular complexity index is 156. The molecule has 0 aromatic carbocycles. The fraction of sp³-hybridized carbons (Fsp3) is 0.889. The molecule has 1 rings (SSSR count). The molecule has 0 aliphatic heterocycles. The van der Waals surface area contributed by atoms with E-state index >= 15 is 0 Å². The summed E-state index contributed by atoms with van der Waals surface area (Å²) in [7, 11) is 0. The van der Waals surface area contributed by atoms with Crippen LogP contribution in [0.1, 0.15) is 32.6 Å². The van der Waals surface area contributed by atoms with Crippen LogP contribution < -0.4 is 10.8 Å². The number of carbonyl (C=O) groups is 1. The zero-order chi connectivity index (χ0) is 9.52. The van der Waals surface area contributed by atoms with Crippen LogP contribution in [0.15, 0.2) is 0 Å². The first-order valence-corrected chi connectivity index (χ1v) is 4.97. The van der Waals surface area contributed by atoms with E-state index in [2.05, 4.69) is 10.8 Å². The first-order valence-electron chi connectivity index (χ1n) is 4.97. The highest BCUT2D eigenvalue weighted by molar-refractivity contribution is 5.78. The summed E-state index contributed by atoms with van der Waals surface area (Å²) in [5, 5.41) is 2.96. The molecule has 0 unspecified atom stereocenters. The molecule has 0 spiro atoms. The highest BCUT2D eigenvalue weighted by Crippen LogP contribution is 2.17. The molecule has 4 nitrogen and oxygen atoms in total. The number of hydroxylamine groups is 1. The normalized spacial score (nSPS) is 17.6. The smallest absolute Gasteiger partial charge is 0.236 e. The van der Waals surface area contributed by atoms with Crippen molar-refractivity contribution in [2.24, 2.45) is 0 Å². The SMILES string of the molecule is CCONCC(=O)NC1CCCC1. The molecular weight excluding hydrogens is 168 g/mol. The standard InChI is InChI=1S/C9H18N2O2/c1-2-13-10-7-9(12)11-8-5-3-4-6-8/h8,10H,2-7H2,1H3,(H,11,12). The van der Waals surface area contributed by atoms with Gasteiger partial charge >= 0.3 is 0 Å². The second kappa shape index (κ2) is 5.94. The molecule has 0 atom stereocenters. The van der Waals surface area contributed by atoms with Gasteiger partial charge in [0.2, 0.25) is 5.91 Å². The van der Waals surface area contributed by atoms with E-state index in [4.69, 9.17) is 4.84 Å². The summed E-state index contributed by atoms with van der Waals surface area (Å²) in [5.41, 5.74) is 2.60. The van der Waals surface area contributed by atoms with Crippen molar-refractivity contribution in [3.63, 3.8) is 0 Å². The first-order chi connectivity index (χ1) is 6.33. The van der Waals surface area contributed by atoms with Gasteiger partial charge in [-0.15, -0.1) is 0 Å². The van der Waals surface area contributed by atoms with Crippen molar-refractivity contribution in [1.82, 2.24) is 10.8 Å². The molecule has 0 heterocycles. The lowest BCUT2D eigenvalue weighted by Gasteiger charge is -2.11. The van der Waals surface area contributed by atoms with Gasteiger partial charge in [0.05, 0.1) is 13.2 Å². The number of amides is 1. The van der Waals surface area contributed by atoms with E-state index in [1.165, 1.54) is 12.8 Å². The molecule has 1 aliphatic carbocycles. The number of rotatable bonds is 5. The highest BCUT2D eigenvalue weighted by Gasteiger charge is 2.16. The van der Waals surface area contributed by atoms with Crippen molar-refractivity contribution in [2.75, 3.05) is 13.2 Å². The third kappa shape index (κ3) is 4.24. The minimum atomic E-state index is 0.0281. The third-order valence-electron chi connectivity index (χ3n) is 2.20. The van der Waals surface area contributed by atoms with Crippen LogP contribution in [-0.4, -0.2) is 25.1 Å². The Morgan fingerprint density at radius 3 is 2.77 bits per heavy atom. The summed E-state index contributed by atoms with van der Waals surface area (Å²) in [6.45, 7) is 2.71. The van der Waals surface area contributed by atoms with Gasteiger partial charge in [-0.3, -0.25) is 4.79 Å². The van der Waals surface area contributed by atoms with Gasteiger partial charge < -0.3 is 10.2 Å². The van der Waals surface area contributed by atoms with Crippen LogP contribution in [0.2, 0.25) is 0 Å². The summed E-state index contributed by atoms with van der Waals surface area (Å²) >= 11 is 0. The minimum absolute atomic E-state index is 0.0281. The quantitative estimate of drug-likeness (QED) is 0.488. The summed E-state index contributed by atoms with van der Waals surface area (Å²) in [4.78, 5) is 16.1. The molecule has 0 aromatic rings. The second-order valence-electron chi connectivity index (χ2n) is 3.30. The number of hydrogen-bond donors (Lipinski definition) is 2. The molecular formula is C9H18N2O2. The van der Waals surface area contributed by atoms with Crippen molar-refractivity contribution >= 4 is 5.91 Å². The molecule has 0 aromatic heterocycles. The Morgan fingerprint density at radius 1 is 1.46 bits per heavy atom. The summed E-state index contributed by atoms with van der Waals surface area (Å²) in [5.74, 6) is 0.0281. The molecule has 1 aliphatic rings. The van der Waals surface area contributed by atoms with Gasteiger partial charge in [-0.25, -0.2) is 0 Å².